The van der Waals surface area contributed by atoms with Crippen LogP contribution >= 0.6 is 0 Å². The Labute approximate surface area is 136 Å². The van der Waals surface area contributed by atoms with Crippen molar-refractivity contribution >= 4 is 5.65 Å². The summed E-state index contributed by atoms with van der Waals surface area (Å²) in [4.78, 5) is 19.0. The fraction of sp³-hybridized carbons (Fsp3) is 0.263. The number of nitrogens with zero attached hydrogens (tertiary/aromatic N) is 3. The van der Waals surface area contributed by atoms with E-state index in [1.807, 2.05) is 18.2 Å². The molecular formula is C19H21N3O. The van der Waals surface area contributed by atoms with Crippen molar-refractivity contribution < 1.29 is 0 Å². The number of aromatic nitrogens is 2. The van der Waals surface area contributed by atoms with Gasteiger partial charge in [0.05, 0.1) is 5.69 Å². The average Bonchev–Trinajstić information content (AvgIpc) is 2.55. The number of hydrogen-bond acceptors (Lipinski definition) is 3. The van der Waals surface area contributed by atoms with Crippen LogP contribution in [0.1, 0.15) is 29.8 Å². The summed E-state index contributed by atoms with van der Waals surface area (Å²) in [5.74, 6) is 0. The first-order valence-corrected chi connectivity index (χ1v) is 7.79. The van der Waals surface area contributed by atoms with Crippen molar-refractivity contribution in [1.82, 2.24) is 14.3 Å². The monoisotopic (exact) mass is 307 g/mol. The summed E-state index contributed by atoms with van der Waals surface area (Å²) in [5.41, 5.74) is 3.96. The number of rotatable bonds is 4. The van der Waals surface area contributed by atoms with Gasteiger partial charge in [0.2, 0.25) is 0 Å². The molecule has 0 radical (unpaired) electrons. The van der Waals surface area contributed by atoms with E-state index in [-0.39, 0.29) is 11.6 Å². The molecule has 3 aromatic rings. The van der Waals surface area contributed by atoms with Crippen LogP contribution in [0.3, 0.4) is 0 Å². The zero-order valence-corrected chi connectivity index (χ0v) is 13.7. The van der Waals surface area contributed by atoms with Gasteiger partial charge < -0.3 is 0 Å². The minimum absolute atomic E-state index is 0.0398. The van der Waals surface area contributed by atoms with Gasteiger partial charge in [-0.25, -0.2) is 4.98 Å². The molecule has 1 atom stereocenters. The van der Waals surface area contributed by atoms with E-state index in [2.05, 4.69) is 55.0 Å². The maximum absolute atomic E-state index is 12.2. The van der Waals surface area contributed by atoms with Gasteiger partial charge in [0.15, 0.2) is 0 Å². The van der Waals surface area contributed by atoms with Gasteiger partial charge in [-0.05, 0) is 38.6 Å². The first-order valence-electron chi connectivity index (χ1n) is 7.79. The largest absolute Gasteiger partial charge is 0.294 e. The summed E-state index contributed by atoms with van der Waals surface area (Å²) >= 11 is 0. The van der Waals surface area contributed by atoms with Gasteiger partial charge in [-0.1, -0.05) is 35.9 Å². The van der Waals surface area contributed by atoms with Crippen molar-refractivity contribution in [3.63, 3.8) is 0 Å². The molecule has 1 aromatic carbocycles. The van der Waals surface area contributed by atoms with Crippen molar-refractivity contribution in [1.29, 1.82) is 0 Å². The van der Waals surface area contributed by atoms with Crippen LogP contribution in [0.2, 0.25) is 0 Å². The van der Waals surface area contributed by atoms with Crippen molar-refractivity contribution in [3.05, 3.63) is 81.9 Å². The van der Waals surface area contributed by atoms with E-state index in [9.17, 15) is 4.79 Å². The Morgan fingerprint density at radius 1 is 1.17 bits per heavy atom. The highest BCUT2D eigenvalue weighted by Gasteiger charge is 2.13. The molecule has 0 spiro atoms. The van der Waals surface area contributed by atoms with Crippen LogP contribution < -0.4 is 5.56 Å². The van der Waals surface area contributed by atoms with Gasteiger partial charge in [-0.2, -0.15) is 0 Å². The lowest BCUT2D eigenvalue weighted by Gasteiger charge is -2.25. The highest BCUT2D eigenvalue weighted by molar-refractivity contribution is 5.38. The molecule has 2 aromatic heterocycles. The zero-order valence-electron chi connectivity index (χ0n) is 13.7. The Hall–Kier alpha value is -2.46. The smallest absolute Gasteiger partial charge is 0.258 e. The molecule has 0 aliphatic carbocycles. The van der Waals surface area contributed by atoms with Gasteiger partial charge in [-0.15, -0.1) is 0 Å². The Morgan fingerprint density at radius 2 is 1.91 bits per heavy atom. The van der Waals surface area contributed by atoms with Crippen LogP contribution in [0.15, 0.2) is 59.5 Å². The third-order valence-corrected chi connectivity index (χ3v) is 4.26. The lowest BCUT2D eigenvalue weighted by molar-refractivity contribution is 0.250. The van der Waals surface area contributed by atoms with Crippen LogP contribution in [0, 0.1) is 6.92 Å². The van der Waals surface area contributed by atoms with Crippen LogP contribution in [-0.2, 0) is 6.54 Å². The molecule has 118 valence electrons. The van der Waals surface area contributed by atoms with Crippen LogP contribution in [0.5, 0.6) is 0 Å². The summed E-state index contributed by atoms with van der Waals surface area (Å²) < 4.78 is 1.56. The maximum atomic E-state index is 12.2. The molecular weight excluding hydrogens is 286 g/mol. The quantitative estimate of drug-likeness (QED) is 0.743. The Balaban J connectivity index is 1.83. The number of fused-ring (bicyclic) bond motifs is 1. The SMILES string of the molecule is Cc1ccc([C@@H](C)N(C)Cc2cc(=O)n3ccccc3n2)cc1. The molecule has 0 aliphatic heterocycles. The van der Waals surface area contributed by atoms with Crippen molar-refractivity contribution in [2.45, 2.75) is 26.4 Å². The highest BCUT2D eigenvalue weighted by atomic mass is 16.1. The van der Waals surface area contributed by atoms with E-state index in [4.69, 9.17) is 0 Å². The summed E-state index contributed by atoms with van der Waals surface area (Å²) in [6, 6.07) is 16.0. The van der Waals surface area contributed by atoms with Gasteiger partial charge in [-0.3, -0.25) is 14.1 Å². The van der Waals surface area contributed by atoms with Crippen LogP contribution in [0.4, 0.5) is 0 Å². The summed E-state index contributed by atoms with van der Waals surface area (Å²) in [6.45, 7) is 4.89. The third kappa shape index (κ3) is 3.32. The molecule has 0 saturated heterocycles. The van der Waals surface area contributed by atoms with E-state index >= 15 is 0 Å². The molecule has 4 heteroatoms. The van der Waals surface area contributed by atoms with Crippen molar-refractivity contribution in [2.24, 2.45) is 0 Å². The van der Waals surface area contributed by atoms with E-state index in [0.29, 0.717) is 12.2 Å². The molecule has 2 heterocycles. The molecule has 3 rings (SSSR count). The topological polar surface area (TPSA) is 37.6 Å². The molecule has 0 N–H and O–H groups in total. The Bertz CT molecular complexity index is 868. The minimum Gasteiger partial charge on any atom is -0.294 e. The zero-order chi connectivity index (χ0) is 16.4. The van der Waals surface area contributed by atoms with Crippen LogP contribution in [0.25, 0.3) is 5.65 Å². The first-order chi connectivity index (χ1) is 11.0. The predicted octanol–water partition coefficient (Wildman–Crippen LogP) is 3.20. The summed E-state index contributed by atoms with van der Waals surface area (Å²) in [5, 5.41) is 0. The number of pyridine rings is 1. The summed E-state index contributed by atoms with van der Waals surface area (Å²) in [6.07, 6.45) is 1.74. The average molecular weight is 307 g/mol. The lowest BCUT2D eigenvalue weighted by atomic mass is 10.1. The maximum Gasteiger partial charge on any atom is 0.258 e. The predicted molar refractivity (Wildman–Crippen MR) is 92.5 cm³/mol. The molecule has 23 heavy (non-hydrogen) atoms. The normalized spacial score (nSPS) is 12.7. The lowest BCUT2D eigenvalue weighted by Crippen LogP contribution is -2.24. The number of benzene rings is 1. The molecule has 0 fully saturated rings. The highest BCUT2D eigenvalue weighted by Crippen LogP contribution is 2.20. The van der Waals surface area contributed by atoms with Crippen molar-refractivity contribution in [3.8, 4) is 0 Å². The van der Waals surface area contributed by atoms with E-state index in [0.717, 1.165) is 5.69 Å². The van der Waals surface area contributed by atoms with Gasteiger partial charge in [0.25, 0.3) is 5.56 Å². The molecule has 4 nitrogen and oxygen atoms in total. The second-order valence-corrected chi connectivity index (χ2v) is 6.02. The minimum atomic E-state index is -0.0398. The van der Waals surface area contributed by atoms with Gasteiger partial charge >= 0.3 is 0 Å². The fourth-order valence-electron chi connectivity index (χ4n) is 2.68. The van der Waals surface area contributed by atoms with Gasteiger partial charge in [0.1, 0.15) is 5.65 Å². The third-order valence-electron chi connectivity index (χ3n) is 4.26. The molecule has 0 unspecified atom stereocenters. The van der Waals surface area contributed by atoms with E-state index < -0.39 is 0 Å². The molecule has 0 saturated carbocycles. The molecule has 0 bridgehead atoms. The first kappa shape index (κ1) is 15.4. The van der Waals surface area contributed by atoms with E-state index in [1.54, 1.807) is 16.7 Å². The van der Waals surface area contributed by atoms with Gasteiger partial charge in [0, 0.05) is 24.8 Å². The second kappa shape index (κ2) is 6.34. The molecule has 0 aliphatic rings. The molecule has 0 amide bonds. The van der Waals surface area contributed by atoms with E-state index in [1.165, 1.54) is 11.1 Å². The Kier molecular flexibility index (Phi) is 4.26. The van der Waals surface area contributed by atoms with Crippen LogP contribution in [-0.4, -0.2) is 21.3 Å². The summed E-state index contributed by atoms with van der Waals surface area (Å²) in [7, 11) is 2.05. The Morgan fingerprint density at radius 3 is 2.65 bits per heavy atom. The standard InChI is InChI=1S/C19H21N3O/c1-14-7-9-16(10-8-14)15(2)21(3)13-17-12-19(23)22-11-5-4-6-18(22)20-17/h4-12,15H,13H2,1-3H3/t15-/m1/s1. The second-order valence-electron chi connectivity index (χ2n) is 6.02. The van der Waals surface area contributed by atoms with Crippen molar-refractivity contribution in [2.75, 3.05) is 7.05 Å². The number of aryl methyl sites for hydroxylation is 1. The number of hydrogen-bond donors (Lipinski definition) is 0. The fourth-order valence-corrected chi connectivity index (χ4v) is 2.68.